The number of nitrogens with one attached hydrogen (secondary N) is 2. The van der Waals surface area contributed by atoms with E-state index in [1.54, 1.807) is 0 Å². The quantitative estimate of drug-likeness (QED) is 0.603. The second-order valence-corrected chi connectivity index (χ2v) is 4.57. The number of carboxylic acids is 1. The van der Waals surface area contributed by atoms with Gasteiger partial charge in [0.2, 0.25) is 11.8 Å². The number of phenols is 1. The number of aromatic carboxylic acids is 1. The SMILES string of the molecule is O=C1CCC(C(=O)Nc2cc(C(=O)O)ccc2O)CN1. The van der Waals surface area contributed by atoms with Crippen molar-refractivity contribution in [1.82, 2.24) is 5.32 Å². The maximum atomic E-state index is 12.0. The first-order chi connectivity index (χ1) is 9.47. The zero-order chi connectivity index (χ0) is 14.7. The number of hydrogen-bond acceptors (Lipinski definition) is 4. The van der Waals surface area contributed by atoms with Crippen LogP contribution in [0.5, 0.6) is 5.75 Å². The Hall–Kier alpha value is -2.57. The van der Waals surface area contributed by atoms with E-state index in [0.717, 1.165) is 0 Å². The smallest absolute Gasteiger partial charge is 0.335 e. The van der Waals surface area contributed by atoms with Crippen molar-refractivity contribution in [3.05, 3.63) is 23.8 Å². The summed E-state index contributed by atoms with van der Waals surface area (Å²) in [6.07, 6.45) is 0.705. The standard InChI is InChI=1S/C13H14N2O5/c16-10-3-1-7(13(19)20)5-9(10)15-12(18)8-2-4-11(17)14-6-8/h1,3,5,8,16H,2,4,6H2,(H,14,17)(H,15,18)(H,19,20). The molecule has 7 nitrogen and oxygen atoms in total. The molecule has 1 atom stereocenters. The van der Waals surface area contributed by atoms with Crippen LogP contribution in [-0.2, 0) is 9.59 Å². The number of phenolic OH excluding ortho intramolecular Hbond substituents is 1. The van der Waals surface area contributed by atoms with Crippen molar-refractivity contribution in [2.45, 2.75) is 12.8 Å². The van der Waals surface area contributed by atoms with Crippen LogP contribution in [0.3, 0.4) is 0 Å². The van der Waals surface area contributed by atoms with E-state index in [4.69, 9.17) is 5.11 Å². The monoisotopic (exact) mass is 278 g/mol. The number of carbonyl (C=O) groups is 3. The minimum atomic E-state index is -1.15. The summed E-state index contributed by atoms with van der Waals surface area (Å²) < 4.78 is 0. The van der Waals surface area contributed by atoms with E-state index >= 15 is 0 Å². The number of amides is 2. The summed E-state index contributed by atoms with van der Waals surface area (Å²) in [5.41, 5.74) is 0.0156. The van der Waals surface area contributed by atoms with Crippen molar-refractivity contribution in [3.8, 4) is 5.75 Å². The van der Waals surface area contributed by atoms with E-state index in [-0.39, 0.29) is 47.7 Å². The zero-order valence-corrected chi connectivity index (χ0v) is 10.5. The molecule has 0 aliphatic carbocycles. The van der Waals surface area contributed by atoms with Crippen LogP contribution in [0.15, 0.2) is 18.2 Å². The van der Waals surface area contributed by atoms with Gasteiger partial charge in [-0.2, -0.15) is 0 Å². The van der Waals surface area contributed by atoms with Crippen molar-refractivity contribution in [2.24, 2.45) is 5.92 Å². The van der Waals surface area contributed by atoms with Gasteiger partial charge in [-0.25, -0.2) is 4.79 Å². The van der Waals surface area contributed by atoms with E-state index in [9.17, 15) is 19.5 Å². The minimum Gasteiger partial charge on any atom is -0.506 e. The molecule has 1 saturated heterocycles. The van der Waals surface area contributed by atoms with Gasteiger partial charge in [0.25, 0.3) is 0 Å². The van der Waals surface area contributed by atoms with Crippen LogP contribution in [-0.4, -0.2) is 34.5 Å². The number of hydrogen-bond donors (Lipinski definition) is 4. The molecule has 1 aliphatic rings. The Morgan fingerprint density at radius 3 is 2.70 bits per heavy atom. The van der Waals surface area contributed by atoms with Gasteiger partial charge >= 0.3 is 5.97 Å². The summed E-state index contributed by atoms with van der Waals surface area (Å²) in [7, 11) is 0. The largest absolute Gasteiger partial charge is 0.506 e. The maximum Gasteiger partial charge on any atom is 0.335 e. The van der Waals surface area contributed by atoms with Gasteiger partial charge in [-0.05, 0) is 24.6 Å². The fraction of sp³-hybridized carbons (Fsp3) is 0.308. The van der Waals surface area contributed by atoms with Gasteiger partial charge in [0, 0.05) is 13.0 Å². The molecule has 1 aliphatic heterocycles. The Morgan fingerprint density at radius 1 is 1.35 bits per heavy atom. The van der Waals surface area contributed by atoms with Gasteiger partial charge in [-0.3, -0.25) is 9.59 Å². The van der Waals surface area contributed by atoms with Crippen LogP contribution in [0, 0.1) is 5.92 Å². The Bertz CT molecular complexity index is 560. The van der Waals surface area contributed by atoms with Crippen molar-refractivity contribution in [2.75, 3.05) is 11.9 Å². The lowest BCUT2D eigenvalue weighted by atomic mass is 9.98. The van der Waals surface area contributed by atoms with Crippen LogP contribution in [0.1, 0.15) is 23.2 Å². The lowest BCUT2D eigenvalue weighted by Crippen LogP contribution is -2.40. The number of benzene rings is 1. The Morgan fingerprint density at radius 2 is 2.10 bits per heavy atom. The fourth-order valence-corrected chi connectivity index (χ4v) is 1.96. The number of carboxylic acid groups (broad SMARTS) is 1. The number of aromatic hydroxyl groups is 1. The van der Waals surface area contributed by atoms with Crippen LogP contribution in [0.2, 0.25) is 0 Å². The van der Waals surface area contributed by atoms with Gasteiger partial charge in [-0.1, -0.05) is 0 Å². The molecular weight excluding hydrogens is 264 g/mol. The molecule has 0 bridgehead atoms. The molecule has 1 fully saturated rings. The summed E-state index contributed by atoms with van der Waals surface area (Å²) in [4.78, 5) is 33.8. The Balaban J connectivity index is 2.09. The molecule has 106 valence electrons. The van der Waals surface area contributed by atoms with Gasteiger partial charge < -0.3 is 20.8 Å². The van der Waals surface area contributed by atoms with Crippen LogP contribution in [0.4, 0.5) is 5.69 Å². The molecule has 0 saturated carbocycles. The normalized spacial score (nSPS) is 18.2. The highest BCUT2D eigenvalue weighted by atomic mass is 16.4. The predicted octanol–water partition coefficient (Wildman–Crippen LogP) is 0.555. The predicted molar refractivity (Wildman–Crippen MR) is 69.4 cm³/mol. The molecule has 4 N–H and O–H groups in total. The van der Waals surface area contributed by atoms with Crippen molar-refractivity contribution < 1.29 is 24.6 Å². The zero-order valence-electron chi connectivity index (χ0n) is 10.5. The molecule has 7 heteroatoms. The Kier molecular flexibility index (Phi) is 3.88. The van der Waals surface area contributed by atoms with Crippen molar-refractivity contribution >= 4 is 23.5 Å². The number of piperidine rings is 1. The lowest BCUT2D eigenvalue weighted by molar-refractivity contribution is -0.126. The summed E-state index contributed by atoms with van der Waals surface area (Å²) in [6.45, 7) is 0.240. The molecule has 2 amide bonds. The third-order valence-corrected chi connectivity index (χ3v) is 3.14. The lowest BCUT2D eigenvalue weighted by Gasteiger charge is -2.21. The summed E-state index contributed by atoms with van der Waals surface area (Å²) in [5.74, 6) is -2.19. The molecule has 1 heterocycles. The maximum absolute atomic E-state index is 12.0. The Labute approximate surface area is 114 Å². The van der Waals surface area contributed by atoms with Crippen molar-refractivity contribution in [1.29, 1.82) is 0 Å². The first-order valence-corrected chi connectivity index (χ1v) is 6.11. The molecule has 20 heavy (non-hydrogen) atoms. The van der Waals surface area contributed by atoms with Gasteiger partial charge in [0.1, 0.15) is 5.75 Å². The minimum absolute atomic E-state index is 0.0324. The molecular formula is C13H14N2O5. The topological polar surface area (TPSA) is 116 Å². The molecule has 1 aromatic carbocycles. The van der Waals surface area contributed by atoms with E-state index in [0.29, 0.717) is 6.42 Å². The molecule has 0 radical (unpaired) electrons. The first kappa shape index (κ1) is 13.9. The van der Waals surface area contributed by atoms with E-state index in [1.807, 2.05) is 0 Å². The van der Waals surface area contributed by atoms with Gasteiger partial charge in [0.15, 0.2) is 0 Å². The summed E-state index contributed by atoms with van der Waals surface area (Å²) in [5, 5.41) is 23.6. The number of anilines is 1. The van der Waals surface area contributed by atoms with Crippen LogP contribution in [0.25, 0.3) is 0 Å². The highest BCUT2D eigenvalue weighted by Gasteiger charge is 2.25. The molecule has 2 rings (SSSR count). The second-order valence-electron chi connectivity index (χ2n) is 4.57. The number of carbonyl (C=O) groups excluding carboxylic acids is 2. The number of rotatable bonds is 3. The average Bonchev–Trinajstić information content (AvgIpc) is 2.41. The van der Waals surface area contributed by atoms with Gasteiger partial charge in [-0.15, -0.1) is 0 Å². The van der Waals surface area contributed by atoms with E-state index in [2.05, 4.69) is 10.6 Å². The molecule has 0 spiro atoms. The third-order valence-electron chi connectivity index (χ3n) is 3.14. The summed E-state index contributed by atoms with van der Waals surface area (Å²) >= 11 is 0. The third kappa shape index (κ3) is 3.05. The molecule has 0 aromatic heterocycles. The highest BCUT2D eigenvalue weighted by molar-refractivity contribution is 5.97. The first-order valence-electron chi connectivity index (χ1n) is 6.11. The van der Waals surface area contributed by atoms with Crippen LogP contribution >= 0.6 is 0 Å². The highest BCUT2D eigenvalue weighted by Crippen LogP contribution is 2.25. The fourth-order valence-electron chi connectivity index (χ4n) is 1.96. The van der Waals surface area contributed by atoms with E-state index in [1.165, 1.54) is 18.2 Å². The second kappa shape index (κ2) is 5.60. The van der Waals surface area contributed by atoms with Gasteiger partial charge in [0.05, 0.1) is 17.2 Å². The average molecular weight is 278 g/mol. The summed E-state index contributed by atoms with van der Waals surface area (Å²) in [6, 6.07) is 3.65. The molecule has 1 aromatic rings. The van der Waals surface area contributed by atoms with Crippen molar-refractivity contribution in [3.63, 3.8) is 0 Å². The van der Waals surface area contributed by atoms with E-state index < -0.39 is 5.97 Å². The van der Waals surface area contributed by atoms with Crippen LogP contribution < -0.4 is 10.6 Å². The molecule has 1 unspecified atom stereocenters.